The fourth-order valence-corrected chi connectivity index (χ4v) is 1.91. The van der Waals surface area contributed by atoms with Crippen molar-refractivity contribution in [3.05, 3.63) is 29.8 Å². The number of carbonyl (C=O) groups excluding carboxylic acids is 2. The highest BCUT2D eigenvalue weighted by Gasteiger charge is 2.18. The Morgan fingerprint density at radius 3 is 2.50 bits per heavy atom. The van der Waals surface area contributed by atoms with E-state index in [1.165, 1.54) is 24.3 Å². The summed E-state index contributed by atoms with van der Waals surface area (Å²) < 4.78 is 22.6. The molecule has 0 saturated heterocycles. The zero-order chi connectivity index (χ0) is 13.9. The molecular formula is C10H11ClN2O4S. The molecular weight excluding hydrogens is 280 g/mol. The van der Waals surface area contributed by atoms with Crippen molar-refractivity contribution in [3.8, 4) is 0 Å². The molecule has 1 unspecified atom stereocenters. The van der Waals surface area contributed by atoms with E-state index in [1.807, 2.05) is 0 Å². The maximum absolute atomic E-state index is 11.3. The van der Waals surface area contributed by atoms with E-state index in [0.29, 0.717) is 5.56 Å². The summed E-state index contributed by atoms with van der Waals surface area (Å²) in [6.07, 6.45) is 1.01. The third-order valence-corrected chi connectivity index (χ3v) is 3.48. The van der Waals surface area contributed by atoms with Crippen molar-refractivity contribution in [2.45, 2.75) is 5.37 Å². The van der Waals surface area contributed by atoms with Gasteiger partial charge in [0.2, 0.25) is 0 Å². The smallest absolute Gasteiger partial charge is 0.310 e. The van der Waals surface area contributed by atoms with Crippen LogP contribution >= 0.6 is 11.6 Å². The van der Waals surface area contributed by atoms with Gasteiger partial charge < -0.3 is 11.1 Å². The normalized spacial score (nSPS) is 12.8. The second kappa shape index (κ2) is 5.47. The summed E-state index contributed by atoms with van der Waals surface area (Å²) in [4.78, 5) is 21.6. The Morgan fingerprint density at radius 2 is 2.00 bits per heavy atom. The van der Waals surface area contributed by atoms with Crippen LogP contribution in [0.15, 0.2) is 24.3 Å². The molecule has 0 aliphatic rings. The van der Waals surface area contributed by atoms with Crippen molar-refractivity contribution in [3.63, 3.8) is 0 Å². The molecule has 1 aromatic rings. The minimum Gasteiger partial charge on any atom is -0.318 e. The van der Waals surface area contributed by atoms with E-state index in [0.717, 1.165) is 6.26 Å². The molecule has 0 aromatic heterocycles. The van der Waals surface area contributed by atoms with Gasteiger partial charge in [-0.15, -0.1) is 0 Å². The summed E-state index contributed by atoms with van der Waals surface area (Å²) >= 11 is 4.98. The van der Waals surface area contributed by atoms with Crippen LogP contribution < -0.4 is 11.1 Å². The maximum Gasteiger partial charge on any atom is 0.310 e. The molecule has 0 spiro atoms. The lowest BCUT2D eigenvalue weighted by molar-refractivity contribution is -0.130. The molecule has 3 N–H and O–H groups in total. The third kappa shape index (κ3) is 3.80. The van der Waals surface area contributed by atoms with Gasteiger partial charge in [-0.1, -0.05) is 12.1 Å². The number of carbonyl (C=O) groups is 2. The lowest BCUT2D eigenvalue weighted by Crippen LogP contribution is -2.21. The largest absolute Gasteiger partial charge is 0.318 e. The minimum absolute atomic E-state index is 0.241. The molecule has 6 nitrogen and oxygen atoms in total. The molecule has 1 amide bonds. The van der Waals surface area contributed by atoms with Crippen LogP contribution in [0.25, 0.3) is 0 Å². The molecule has 98 valence electrons. The van der Waals surface area contributed by atoms with Crippen LogP contribution in [0.5, 0.6) is 0 Å². The number of sulfone groups is 1. The Balaban J connectivity index is 3.00. The number of halogens is 1. The predicted octanol–water partition coefficient (Wildman–Crippen LogP) is 0.392. The number of benzene rings is 1. The summed E-state index contributed by atoms with van der Waals surface area (Å²) in [5, 5.41) is -0.136. The first-order chi connectivity index (χ1) is 8.21. The van der Waals surface area contributed by atoms with Crippen LogP contribution in [-0.4, -0.2) is 25.8 Å². The summed E-state index contributed by atoms with van der Waals surface area (Å²) in [6, 6.07) is 5.86. The van der Waals surface area contributed by atoms with Crippen molar-refractivity contribution in [2.75, 3.05) is 11.6 Å². The van der Waals surface area contributed by atoms with Crippen LogP contribution in [-0.2, 0) is 19.4 Å². The van der Waals surface area contributed by atoms with Crippen molar-refractivity contribution in [2.24, 2.45) is 5.73 Å². The Hall–Kier alpha value is -1.44. The topological polar surface area (TPSA) is 106 Å². The fraction of sp³-hybridized carbons (Fsp3) is 0.200. The number of nitrogens with one attached hydrogen (secondary N) is 1. The second-order valence-corrected chi connectivity index (χ2v) is 6.11. The maximum atomic E-state index is 11.3. The van der Waals surface area contributed by atoms with E-state index in [4.69, 9.17) is 17.3 Å². The van der Waals surface area contributed by atoms with E-state index in [1.54, 1.807) is 0 Å². The van der Waals surface area contributed by atoms with E-state index in [9.17, 15) is 18.0 Å². The summed E-state index contributed by atoms with van der Waals surface area (Å²) in [6.45, 7) is 0. The van der Waals surface area contributed by atoms with Gasteiger partial charge >= 0.3 is 11.1 Å². The Morgan fingerprint density at radius 1 is 1.39 bits per heavy atom. The summed E-state index contributed by atoms with van der Waals surface area (Å²) in [5.41, 5.74) is 6.08. The fourth-order valence-electron chi connectivity index (χ4n) is 1.22. The molecule has 1 atom stereocenters. The number of hydrogen-bond donors (Lipinski definition) is 2. The monoisotopic (exact) mass is 290 g/mol. The van der Waals surface area contributed by atoms with Gasteiger partial charge in [0, 0.05) is 11.9 Å². The quantitative estimate of drug-likeness (QED) is 0.616. The highest BCUT2D eigenvalue weighted by Crippen LogP contribution is 2.19. The van der Waals surface area contributed by atoms with Crippen molar-refractivity contribution in [1.82, 2.24) is 0 Å². The van der Waals surface area contributed by atoms with Gasteiger partial charge in [-0.25, -0.2) is 8.42 Å². The number of amides is 1. The molecule has 0 radical (unpaired) electrons. The molecule has 0 bridgehead atoms. The van der Waals surface area contributed by atoms with E-state index >= 15 is 0 Å². The van der Waals surface area contributed by atoms with Crippen LogP contribution in [0.1, 0.15) is 10.9 Å². The lowest BCUT2D eigenvalue weighted by Gasteiger charge is -2.11. The zero-order valence-corrected chi connectivity index (χ0v) is 11.0. The van der Waals surface area contributed by atoms with E-state index in [2.05, 4.69) is 5.32 Å². The standard InChI is InChI=1S/C10H11ClN2O4S/c1-18(16,17)9(12)6-3-2-4-7(5-6)13-10(15)8(11)14/h2-5,9H,12H2,1H3,(H,13,15). The average molecular weight is 291 g/mol. The average Bonchev–Trinajstić information content (AvgIpc) is 2.27. The van der Waals surface area contributed by atoms with Gasteiger partial charge in [-0.3, -0.25) is 9.59 Å². The summed E-state index contributed by atoms with van der Waals surface area (Å²) in [7, 11) is -3.45. The first-order valence-electron chi connectivity index (χ1n) is 4.77. The molecule has 0 fully saturated rings. The molecule has 8 heteroatoms. The van der Waals surface area contributed by atoms with Crippen LogP contribution in [0.4, 0.5) is 5.69 Å². The number of nitrogens with two attached hydrogens (primary N) is 1. The SMILES string of the molecule is CS(=O)(=O)C(N)c1cccc(NC(=O)C(=O)Cl)c1. The first kappa shape index (κ1) is 14.6. The molecule has 0 saturated carbocycles. The van der Waals surface area contributed by atoms with Gasteiger partial charge in [0.15, 0.2) is 9.84 Å². The van der Waals surface area contributed by atoms with Gasteiger partial charge in [0.05, 0.1) is 0 Å². The molecule has 18 heavy (non-hydrogen) atoms. The van der Waals surface area contributed by atoms with E-state index in [-0.39, 0.29) is 5.69 Å². The van der Waals surface area contributed by atoms with Gasteiger partial charge in [-0.05, 0) is 29.3 Å². The number of anilines is 1. The Bertz CT molecular complexity index is 585. The van der Waals surface area contributed by atoms with Crippen LogP contribution in [0.2, 0.25) is 0 Å². The molecule has 1 aromatic carbocycles. The number of rotatable bonds is 4. The van der Waals surface area contributed by atoms with Crippen molar-refractivity contribution < 1.29 is 18.0 Å². The van der Waals surface area contributed by atoms with Gasteiger partial charge in [-0.2, -0.15) is 0 Å². The molecule has 0 aliphatic heterocycles. The predicted molar refractivity (Wildman–Crippen MR) is 67.7 cm³/mol. The molecule has 0 aliphatic carbocycles. The molecule has 0 heterocycles. The van der Waals surface area contributed by atoms with Crippen LogP contribution in [0.3, 0.4) is 0 Å². The minimum atomic E-state index is -3.45. The van der Waals surface area contributed by atoms with Crippen LogP contribution in [0, 0.1) is 0 Å². The summed E-state index contributed by atoms with van der Waals surface area (Å²) in [5.74, 6) is -0.998. The first-order valence-corrected chi connectivity index (χ1v) is 7.10. The van der Waals surface area contributed by atoms with Crippen molar-refractivity contribution >= 4 is 38.3 Å². The van der Waals surface area contributed by atoms with Gasteiger partial charge in [0.1, 0.15) is 5.37 Å². The number of hydrogen-bond acceptors (Lipinski definition) is 5. The second-order valence-electron chi connectivity index (χ2n) is 3.60. The van der Waals surface area contributed by atoms with Crippen molar-refractivity contribution in [1.29, 1.82) is 0 Å². The van der Waals surface area contributed by atoms with E-state index < -0.39 is 26.4 Å². The third-order valence-electron chi connectivity index (χ3n) is 2.11. The lowest BCUT2D eigenvalue weighted by atomic mass is 10.2. The Labute approximate surface area is 109 Å². The zero-order valence-electron chi connectivity index (χ0n) is 9.38. The highest BCUT2D eigenvalue weighted by atomic mass is 35.5. The highest BCUT2D eigenvalue weighted by molar-refractivity contribution is 7.90. The molecule has 1 rings (SSSR count). The van der Waals surface area contributed by atoms with Gasteiger partial charge in [0.25, 0.3) is 0 Å². The Kier molecular flexibility index (Phi) is 4.44.